The number of piperidine rings is 1. The van der Waals surface area contributed by atoms with E-state index >= 15 is 0 Å². The van der Waals surface area contributed by atoms with Gasteiger partial charge in [0.05, 0.1) is 5.56 Å². The van der Waals surface area contributed by atoms with Crippen LogP contribution in [0.15, 0.2) is 28.5 Å². The second kappa shape index (κ2) is 9.17. The molecule has 0 bridgehead atoms. The number of carbonyl (C=O) groups is 1. The van der Waals surface area contributed by atoms with Gasteiger partial charge in [0.15, 0.2) is 5.16 Å². The van der Waals surface area contributed by atoms with E-state index in [1.54, 1.807) is 12.3 Å². The minimum absolute atomic E-state index is 0. The van der Waals surface area contributed by atoms with Gasteiger partial charge in [0.2, 0.25) is 0 Å². The maximum absolute atomic E-state index is 11.8. The SMILES string of the molecule is CCNC(=O)c1ccc(Sc2nnc(C3CCNCC3)n2C)nc1.Cl. The molecule has 3 rings (SSSR count). The van der Waals surface area contributed by atoms with Gasteiger partial charge >= 0.3 is 0 Å². The molecule has 0 aliphatic carbocycles. The lowest BCUT2D eigenvalue weighted by Gasteiger charge is -2.21. The minimum Gasteiger partial charge on any atom is -0.352 e. The number of aromatic nitrogens is 4. The van der Waals surface area contributed by atoms with Gasteiger partial charge in [0, 0.05) is 25.7 Å². The molecule has 1 aliphatic heterocycles. The summed E-state index contributed by atoms with van der Waals surface area (Å²) in [6.07, 6.45) is 3.78. The quantitative estimate of drug-likeness (QED) is 0.822. The fourth-order valence-corrected chi connectivity index (χ4v) is 3.52. The zero-order chi connectivity index (χ0) is 16.9. The molecular formula is C16H23ClN6OS. The first-order valence-corrected chi connectivity index (χ1v) is 9.02. The fourth-order valence-electron chi connectivity index (χ4n) is 2.78. The van der Waals surface area contributed by atoms with Crippen molar-refractivity contribution < 1.29 is 4.79 Å². The van der Waals surface area contributed by atoms with Crippen molar-refractivity contribution >= 4 is 30.1 Å². The van der Waals surface area contributed by atoms with Crippen molar-refractivity contribution in [3.05, 3.63) is 29.7 Å². The second-order valence-electron chi connectivity index (χ2n) is 5.77. The number of hydrogen-bond acceptors (Lipinski definition) is 6. The van der Waals surface area contributed by atoms with E-state index in [1.807, 2.05) is 20.0 Å². The van der Waals surface area contributed by atoms with Gasteiger partial charge < -0.3 is 15.2 Å². The van der Waals surface area contributed by atoms with Gasteiger partial charge in [-0.1, -0.05) is 0 Å². The molecule has 7 nitrogen and oxygen atoms in total. The Morgan fingerprint density at radius 2 is 2.12 bits per heavy atom. The topological polar surface area (TPSA) is 84.7 Å². The number of nitrogens with one attached hydrogen (secondary N) is 2. The first kappa shape index (κ1) is 19.7. The van der Waals surface area contributed by atoms with Crippen LogP contribution in [0, 0.1) is 0 Å². The molecule has 3 heterocycles. The summed E-state index contributed by atoms with van der Waals surface area (Å²) in [4.78, 5) is 16.1. The Balaban J connectivity index is 0.00000225. The summed E-state index contributed by atoms with van der Waals surface area (Å²) < 4.78 is 2.06. The van der Waals surface area contributed by atoms with Crippen LogP contribution in [0.5, 0.6) is 0 Å². The number of rotatable bonds is 5. The van der Waals surface area contributed by atoms with Crippen molar-refractivity contribution in [2.24, 2.45) is 7.05 Å². The van der Waals surface area contributed by atoms with Gasteiger partial charge in [-0.05, 0) is 56.7 Å². The zero-order valence-corrected chi connectivity index (χ0v) is 16.0. The number of nitrogens with zero attached hydrogens (tertiary/aromatic N) is 4. The van der Waals surface area contributed by atoms with Gasteiger partial charge in [-0.15, -0.1) is 22.6 Å². The van der Waals surface area contributed by atoms with E-state index in [1.165, 1.54) is 11.8 Å². The maximum Gasteiger partial charge on any atom is 0.252 e. The Bertz CT molecular complexity index is 699. The highest BCUT2D eigenvalue weighted by Gasteiger charge is 2.22. The van der Waals surface area contributed by atoms with Crippen LogP contribution in [0.3, 0.4) is 0 Å². The molecule has 2 aromatic heterocycles. The molecule has 0 spiro atoms. The molecule has 9 heteroatoms. The Morgan fingerprint density at radius 1 is 1.36 bits per heavy atom. The predicted octanol–water partition coefficient (Wildman–Crippen LogP) is 2.00. The molecule has 136 valence electrons. The molecule has 0 atom stereocenters. The van der Waals surface area contributed by atoms with Crippen molar-refractivity contribution in [2.45, 2.75) is 35.9 Å². The van der Waals surface area contributed by atoms with E-state index in [2.05, 4.69) is 30.4 Å². The van der Waals surface area contributed by atoms with Crippen LogP contribution < -0.4 is 10.6 Å². The molecule has 0 radical (unpaired) electrons. The zero-order valence-electron chi connectivity index (χ0n) is 14.4. The molecular weight excluding hydrogens is 360 g/mol. The molecule has 0 saturated carbocycles. The van der Waals surface area contributed by atoms with Crippen LogP contribution in [-0.4, -0.2) is 45.3 Å². The van der Waals surface area contributed by atoms with Crippen molar-refractivity contribution in [2.75, 3.05) is 19.6 Å². The van der Waals surface area contributed by atoms with E-state index in [-0.39, 0.29) is 18.3 Å². The maximum atomic E-state index is 11.8. The third kappa shape index (κ3) is 4.71. The number of hydrogen-bond donors (Lipinski definition) is 2. The smallest absolute Gasteiger partial charge is 0.252 e. The monoisotopic (exact) mass is 382 g/mol. The third-order valence-corrected chi connectivity index (χ3v) is 5.09. The average molecular weight is 383 g/mol. The summed E-state index contributed by atoms with van der Waals surface area (Å²) in [6.45, 7) is 4.56. The Kier molecular flexibility index (Phi) is 7.22. The van der Waals surface area contributed by atoms with Crippen molar-refractivity contribution in [1.29, 1.82) is 0 Å². The molecule has 1 fully saturated rings. The lowest BCUT2D eigenvalue weighted by atomic mass is 9.97. The van der Waals surface area contributed by atoms with Crippen molar-refractivity contribution in [3.8, 4) is 0 Å². The molecule has 1 aliphatic rings. The molecule has 1 saturated heterocycles. The first-order valence-electron chi connectivity index (χ1n) is 8.21. The standard InChI is InChI=1S/C16H22N6OS.ClH/c1-3-18-15(23)12-4-5-13(19-10-12)24-16-21-20-14(22(16)2)11-6-8-17-9-7-11;/h4-5,10-11,17H,3,6-9H2,1-2H3,(H,18,23);1H. The van der Waals surface area contributed by atoms with E-state index in [0.717, 1.165) is 41.9 Å². The van der Waals surface area contributed by atoms with Crippen LogP contribution in [0.25, 0.3) is 0 Å². The summed E-state index contributed by atoms with van der Waals surface area (Å²) in [6, 6.07) is 3.62. The fraction of sp³-hybridized carbons (Fsp3) is 0.500. The van der Waals surface area contributed by atoms with Crippen LogP contribution in [0.4, 0.5) is 0 Å². The lowest BCUT2D eigenvalue weighted by Crippen LogP contribution is -2.27. The molecule has 1 amide bonds. The van der Waals surface area contributed by atoms with Gasteiger partial charge in [0.1, 0.15) is 10.9 Å². The third-order valence-electron chi connectivity index (χ3n) is 4.10. The second-order valence-corrected chi connectivity index (χ2v) is 6.76. The van der Waals surface area contributed by atoms with Crippen molar-refractivity contribution in [1.82, 2.24) is 30.4 Å². The van der Waals surface area contributed by atoms with E-state index in [9.17, 15) is 4.79 Å². The van der Waals surface area contributed by atoms with Gasteiger partial charge in [-0.25, -0.2) is 4.98 Å². The van der Waals surface area contributed by atoms with Gasteiger partial charge in [-0.3, -0.25) is 4.79 Å². The molecule has 2 N–H and O–H groups in total. The van der Waals surface area contributed by atoms with Crippen LogP contribution in [-0.2, 0) is 7.05 Å². The number of carbonyl (C=O) groups excluding carboxylic acids is 1. The van der Waals surface area contributed by atoms with E-state index in [4.69, 9.17) is 0 Å². The minimum atomic E-state index is -0.103. The average Bonchev–Trinajstić information content (AvgIpc) is 2.97. The first-order chi connectivity index (χ1) is 11.7. The largest absolute Gasteiger partial charge is 0.352 e. The molecule has 0 unspecified atom stereocenters. The summed E-state index contributed by atoms with van der Waals surface area (Å²) in [5.41, 5.74) is 0.564. The highest BCUT2D eigenvalue weighted by molar-refractivity contribution is 7.99. The highest BCUT2D eigenvalue weighted by atomic mass is 35.5. The van der Waals surface area contributed by atoms with E-state index in [0.29, 0.717) is 18.0 Å². The lowest BCUT2D eigenvalue weighted by molar-refractivity contribution is 0.0955. The predicted molar refractivity (Wildman–Crippen MR) is 99.5 cm³/mol. The number of halogens is 1. The highest BCUT2D eigenvalue weighted by Crippen LogP contribution is 2.29. The van der Waals surface area contributed by atoms with E-state index < -0.39 is 0 Å². The summed E-state index contributed by atoms with van der Waals surface area (Å²) in [7, 11) is 2.00. The summed E-state index contributed by atoms with van der Waals surface area (Å²) >= 11 is 1.46. The normalized spacial score (nSPS) is 14.8. The van der Waals surface area contributed by atoms with Crippen LogP contribution in [0.2, 0.25) is 0 Å². The summed E-state index contributed by atoms with van der Waals surface area (Å²) in [5.74, 6) is 1.40. The van der Waals surface area contributed by atoms with Crippen molar-refractivity contribution in [3.63, 3.8) is 0 Å². The number of amides is 1. The molecule has 25 heavy (non-hydrogen) atoms. The van der Waals surface area contributed by atoms with Crippen LogP contribution >= 0.6 is 24.2 Å². The summed E-state index contributed by atoms with van der Waals surface area (Å²) in [5, 5.41) is 16.4. The Labute approximate surface area is 157 Å². The molecule has 0 aromatic carbocycles. The van der Waals surface area contributed by atoms with Gasteiger partial charge in [0.25, 0.3) is 5.91 Å². The molecule has 2 aromatic rings. The number of pyridine rings is 1. The Morgan fingerprint density at radius 3 is 2.76 bits per heavy atom. The van der Waals surface area contributed by atoms with Crippen LogP contribution in [0.1, 0.15) is 41.9 Å². The Hall–Kier alpha value is -1.64. The van der Waals surface area contributed by atoms with Gasteiger partial charge in [-0.2, -0.15) is 0 Å².